The topological polar surface area (TPSA) is 58.1 Å². The minimum atomic E-state index is -0.730. The molecule has 0 saturated carbocycles. The maximum Gasteiger partial charge on any atom is 0.248 e. The highest BCUT2D eigenvalue weighted by molar-refractivity contribution is 7.22. The maximum absolute atomic E-state index is 13.8. The van der Waals surface area contributed by atoms with Gasteiger partial charge in [0.1, 0.15) is 17.4 Å². The monoisotopic (exact) mass is 374 g/mol. The first-order valence-corrected chi connectivity index (χ1v) is 9.08. The van der Waals surface area contributed by atoms with E-state index >= 15 is 0 Å². The number of benzene rings is 1. The summed E-state index contributed by atoms with van der Waals surface area (Å²) >= 11 is 1.06. The molecule has 1 saturated heterocycles. The van der Waals surface area contributed by atoms with Gasteiger partial charge in [0.15, 0.2) is 10.9 Å². The fraction of sp³-hybridized carbons (Fsp3) is 0.278. The average molecular weight is 374 g/mol. The van der Waals surface area contributed by atoms with Crippen molar-refractivity contribution in [2.45, 2.75) is 25.8 Å². The van der Waals surface area contributed by atoms with Crippen molar-refractivity contribution in [2.24, 2.45) is 0 Å². The molecule has 1 amide bonds. The molecule has 1 aliphatic heterocycles. The Morgan fingerprint density at radius 3 is 3.00 bits per heavy atom. The molecule has 1 atom stereocenters. The molecule has 1 aliphatic rings. The molecule has 3 heterocycles. The Bertz CT molecular complexity index is 990. The number of thiazole rings is 1. The standard InChI is InChI=1S/C18H16F2N4OS/c1-10-7-12(4-5-21-10)24-6-2-3-14(24)17(25)23-18-22-16-13(20)8-11(19)9-15(16)26-18/h4-5,7-9,14H,2-3,6H2,1H3,(H,22,23,25). The Morgan fingerprint density at radius 1 is 1.35 bits per heavy atom. The predicted octanol–water partition coefficient (Wildman–Crippen LogP) is 3.89. The molecule has 0 spiro atoms. The third-order valence-corrected chi connectivity index (χ3v) is 5.33. The van der Waals surface area contributed by atoms with Crippen LogP contribution in [0.5, 0.6) is 0 Å². The molecule has 0 radical (unpaired) electrons. The number of hydrogen-bond donors (Lipinski definition) is 1. The number of amides is 1. The smallest absolute Gasteiger partial charge is 0.248 e. The first-order valence-electron chi connectivity index (χ1n) is 8.27. The SMILES string of the molecule is Cc1cc(N2CCCC2C(=O)Nc2nc3c(F)cc(F)cc3s2)ccn1. The minimum Gasteiger partial charge on any atom is -0.359 e. The van der Waals surface area contributed by atoms with Crippen LogP contribution in [-0.4, -0.2) is 28.5 Å². The zero-order valence-corrected chi connectivity index (χ0v) is 14.8. The first-order chi connectivity index (χ1) is 12.5. The Kier molecular flexibility index (Phi) is 4.28. The number of nitrogens with zero attached hydrogens (tertiary/aromatic N) is 3. The Hall–Kier alpha value is -2.61. The molecular formula is C18H16F2N4OS. The molecule has 1 aromatic carbocycles. The summed E-state index contributed by atoms with van der Waals surface area (Å²) in [5, 5.41) is 3.03. The van der Waals surface area contributed by atoms with Gasteiger partial charge in [-0.3, -0.25) is 9.78 Å². The molecule has 0 aliphatic carbocycles. The molecule has 5 nitrogen and oxygen atoms in total. The van der Waals surface area contributed by atoms with Gasteiger partial charge in [0.25, 0.3) is 0 Å². The average Bonchev–Trinajstić information content (AvgIpc) is 3.21. The lowest BCUT2D eigenvalue weighted by molar-refractivity contribution is -0.117. The van der Waals surface area contributed by atoms with Gasteiger partial charge < -0.3 is 10.2 Å². The normalized spacial score (nSPS) is 17.0. The summed E-state index contributed by atoms with van der Waals surface area (Å²) in [4.78, 5) is 23.1. The van der Waals surface area contributed by atoms with Crippen LogP contribution in [0.15, 0.2) is 30.5 Å². The van der Waals surface area contributed by atoms with Crippen LogP contribution in [-0.2, 0) is 4.79 Å². The van der Waals surface area contributed by atoms with Gasteiger partial charge in [-0.1, -0.05) is 11.3 Å². The van der Waals surface area contributed by atoms with Crippen LogP contribution < -0.4 is 10.2 Å². The quantitative estimate of drug-likeness (QED) is 0.756. The molecule has 2 aromatic heterocycles. The largest absolute Gasteiger partial charge is 0.359 e. The van der Waals surface area contributed by atoms with Crippen molar-refractivity contribution in [1.82, 2.24) is 9.97 Å². The summed E-state index contributed by atoms with van der Waals surface area (Å²) in [6, 6.07) is 5.51. The summed E-state index contributed by atoms with van der Waals surface area (Å²) in [5.41, 5.74) is 1.91. The van der Waals surface area contributed by atoms with Crippen molar-refractivity contribution >= 4 is 38.3 Å². The summed E-state index contributed by atoms with van der Waals surface area (Å²) in [6.45, 7) is 2.69. The highest BCUT2D eigenvalue weighted by atomic mass is 32.1. The van der Waals surface area contributed by atoms with Crippen molar-refractivity contribution in [3.63, 3.8) is 0 Å². The zero-order chi connectivity index (χ0) is 18.3. The second-order valence-electron chi connectivity index (χ2n) is 6.25. The number of fused-ring (bicyclic) bond motifs is 1. The molecule has 4 rings (SSSR count). The van der Waals surface area contributed by atoms with Crippen molar-refractivity contribution in [3.8, 4) is 0 Å². The molecule has 1 N–H and O–H groups in total. The van der Waals surface area contributed by atoms with Crippen molar-refractivity contribution < 1.29 is 13.6 Å². The summed E-state index contributed by atoms with van der Waals surface area (Å²) in [5.74, 6) is -1.59. The van der Waals surface area contributed by atoms with Gasteiger partial charge in [0, 0.05) is 30.2 Å². The third-order valence-electron chi connectivity index (χ3n) is 4.41. The van der Waals surface area contributed by atoms with Gasteiger partial charge in [-0.05, 0) is 38.0 Å². The van der Waals surface area contributed by atoms with E-state index < -0.39 is 11.6 Å². The van der Waals surface area contributed by atoms with Crippen LogP contribution in [0.3, 0.4) is 0 Å². The van der Waals surface area contributed by atoms with Gasteiger partial charge in [0.2, 0.25) is 5.91 Å². The predicted molar refractivity (Wildman–Crippen MR) is 97.5 cm³/mol. The fourth-order valence-electron chi connectivity index (χ4n) is 3.26. The number of aryl methyl sites for hydroxylation is 1. The van der Waals surface area contributed by atoms with E-state index in [1.807, 2.05) is 24.0 Å². The number of anilines is 2. The Morgan fingerprint density at radius 2 is 2.19 bits per heavy atom. The van der Waals surface area contributed by atoms with E-state index in [-0.39, 0.29) is 22.6 Å². The molecular weight excluding hydrogens is 358 g/mol. The summed E-state index contributed by atoms with van der Waals surface area (Å²) < 4.78 is 27.5. The number of rotatable bonds is 3. The highest BCUT2D eigenvalue weighted by Gasteiger charge is 2.31. The van der Waals surface area contributed by atoms with Crippen LogP contribution in [0.4, 0.5) is 19.6 Å². The van der Waals surface area contributed by atoms with E-state index in [1.165, 1.54) is 6.07 Å². The van der Waals surface area contributed by atoms with E-state index in [0.29, 0.717) is 4.70 Å². The number of aromatic nitrogens is 2. The Balaban J connectivity index is 1.56. The van der Waals surface area contributed by atoms with Crippen LogP contribution >= 0.6 is 11.3 Å². The number of carbonyl (C=O) groups is 1. The minimum absolute atomic E-state index is 0.0692. The molecule has 8 heteroatoms. The fourth-order valence-corrected chi connectivity index (χ4v) is 4.17. The van der Waals surface area contributed by atoms with E-state index in [0.717, 1.165) is 48.2 Å². The van der Waals surface area contributed by atoms with Gasteiger partial charge in [-0.25, -0.2) is 13.8 Å². The number of carbonyl (C=O) groups excluding carboxylic acids is 1. The van der Waals surface area contributed by atoms with Crippen molar-refractivity contribution in [3.05, 3.63) is 47.8 Å². The lowest BCUT2D eigenvalue weighted by atomic mass is 10.2. The number of halogens is 2. The molecule has 26 heavy (non-hydrogen) atoms. The third kappa shape index (κ3) is 3.12. The molecule has 1 unspecified atom stereocenters. The van der Waals surface area contributed by atoms with Crippen molar-refractivity contribution in [1.29, 1.82) is 0 Å². The van der Waals surface area contributed by atoms with Gasteiger partial charge in [-0.2, -0.15) is 0 Å². The maximum atomic E-state index is 13.8. The first kappa shape index (κ1) is 16.8. The van der Waals surface area contributed by atoms with Crippen LogP contribution in [0.1, 0.15) is 18.5 Å². The molecule has 3 aromatic rings. The van der Waals surface area contributed by atoms with Gasteiger partial charge in [-0.15, -0.1) is 0 Å². The van der Waals surface area contributed by atoms with E-state index in [2.05, 4.69) is 15.3 Å². The molecule has 134 valence electrons. The lowest BCUT2D eigenvalue weighted by Gasteiger charge is -2.25. The molecule has 1 fully saturated rings. The van der Waals surface area contributed by atoms with E-state index in [4.69, 9.17) is 0 Å². The van der Waals surface area contributed by atoms with Crippen LogP contribution in [0.2, 0.25) is 0 Å². The second-order valence-corrected chi connectivity index (χ2v) is 7.28. The lowest BCUT2D eigenvalue weighted by Crippen LogP contribution is -2.39. The van der Waals surface area contributed by atoms with Crippen LogP contribution in [0.25, 0.3) is 10.2 Å². The number of nitrogens with one attached hydrogen (secondary N) is 1. The van der Waals surface area contributed by atoms with Gasteiger partial charge >= 0.3 is 0 Å². The van der Waals surface area contributed by atoms with Crippen LogP contribution in [0, 0.1) is 18.6 Å². The van der Waals surface area contributed by atoms with Gasteiger partial charge in [0.05, 0.1) is 4.70 Å². The summed E-state index contributed by atoms with van der Waals surface area (Å²) in [7, 11) is 0. The number of pyridine rings is 1. The molecule has 0 bridgehead atoms. The second kappa shape index (κ2) is 6.60. The summed E-state index contributed by atoms with van der Waals surface area (Å²) in [6.07, 6.45) is 3.35. The zero-order valence-electron chi connectivity index (χ0n) is 14.0. The Labute approximate surface area is 152 Å². The van der Waals surface area contributed by atoms with E-state index in [9.17, 15) is 13.6 Å². The van der Waals surface area contributed by atoms with Crippen molar-refractivity contribution in [2.75, 3.05) is 16.8 Å². The van der Waals surface area contributed by atoms with E-state index in [1.54, 1.807) is 6.20 Å². The number of hydrogen-bond acceptors (Lipinski definition) is 5. The highest BCUT2D eigenvalue weighted by Crippen LogP contribution is 2.30.